The molecule has 0 unspecified atom stereocenters. The maximum atomic E-state index is 10.9. The lowest BCUT2D eigenvalue weighted by molar-refractivity contribution is -0.131. The maximum absolute atomic E-state index is 10.9. The second-order valence-electron chi connectivity index (χ2n) is 3.37. The summed E-state index contributed by atoms with van der Waals surface area (Å²) in [7, 11) is 0. The van der Waals surface area contributed by atoms with Crippen molar-refractivity contribution in [1.29, 1.82) is 0 Å². The van der Waals surface area contributed by atoms with Crippen LogP contribution >= 0.6 is 34.5 Å². The van der Waals surface area contributed by atoms with E-state index in [1.165, 1.54) is 6.92 Å². The van der Waals surface area contributed by atoms with Crippen molar-refractivity contribution in [3.8, 4) is 16.9 Å². The van der Waals surface area contributed by atoms with Crippen LogP contribution in [0, 0.1) is 0 Å². The van der Waals surface area contributed by atoms with Crippen LogP contribution in [0.2, 0.25) is 10.0 Å². The lowest BCUT2D eigenvalue weighted by Gasteiger charge is -2.08. The first kappa shape index (κ1) is 12.4. The zero-order valence-corrected chi connectivity index (χ0v) is 11.2. The Morgan fingerprint density at radius 2 is 1.88 bits per heavy atom. The van der Waals surface area contributed by atoms with Crippen LogP contribution in [-0.2, 0) is 4.79 Å². The van der Waals surface area contributed by atoms with Crippen LogP contribution in [0.5, 0.6) is 5.75 Å². The Hall–Kier alpha value is -1.03. The van der Waals surface area contributed by atoms with E-state index in [0.717, 1.165) is 11.1 Å². The summed E-state index contributed by atoms with van der Waals surface area (Å²) in [4.78, 5) is 10.9. The molecule has 0 amide bonds. The van der Waals surface area contributed by atoms with E-state index in [9.17, 15) is 4.79 Å². The highest BCUT2D eigenvalue weighted by molar-refractivity contribution is 7.08. The molecule has 0 saturated heterocycles. The van der Waals surface area contributed by atoms with E-state index >= 15 is 0 Å². The molecule has 17 heavy (non-hydrogen) atoms. The Kier molecular flexibility index (Phi) is 3.72. The van der Waals surface area contributed by atoms with Gasteiger partial charge in [-0.15, -0.1) is 0 Å². The molecular weight excluding hydrogens is 279 g/mol. The highest BCUT2D eigenvalue weighted by Crippen LogP contribution is 2.38. The molecule has 88 valence electrons. The Morgan fingerprint density at radius 3 is 2.35 bits per heavy atom. The topological polar surface area (TPSA) is 26.3 Å². The van der Waals surface area contributed by atoms with E-state index in [2.05, 4.69) is 0 Å². The van der Waals surface area contributed by atoms with Gasteiger partial charge in [-0.2, -0.15) is 11.3 Å². The minimum absolute atomic E-state index is 0.208. The van der Waals surface area contributed by atoms with Crippen molar-refractivity contribution in [2.45, 2.75) is 6.92 Å². The monoisotopic (exact) mass is 286 g/mol. The van der Waals surface area contributed by atoms with E-state index < -0.39 is 5.97 Å². The average Bonchev–Trinajstić information content (AvgIpc) is 2.76. The SMILES string of the molecule is CC(=O)Oc1c(Cl)cc(-c2ccsc2)cc1Cl. The highest BCUT2D eigenvalue weighted by Gasteiger charge is 2.12. The molecule has 5 heteroatoms. The van der Waals surface area contributed by atoms with Crippen molar-refractivity contribution in [2.75, 3.05) is 0 Å². The number of hydrogen-bond donors (Lipinski definition) is 0. The number of benzene rings is 1. The molecule has 0 atom stereocenters. The second kappa shape index (κ2) is 5.08. The lowest BCUT2D eigenvalue weighted by atomic mass is 10.1. The van der Waals surface area contributed by atoms with Gasteiger partial charge in [0.05, 0.1) is 10.0 Å². The molecule has 0 N–H and O–H groups in total. The van der Waals surface area contributed by atoms with Gasteiger partial charge in [-0.3, -0.25) is 4.79 Å². The van der Waals surface area contributed by atoms with Crippen LogP contribution in [0.25, 0.3) is 11.1 Å². The fraction of sp³-hybridized carbons (Fsp3) is 0.0833. The molecule has 0 bridgehead atoms. The summed E-state index contributed by atoms with van der Waals surface area (Å²) < 4.78 is 4.95. The van der Waals surface area contributed by atoms with Gasteiger partial charge in [-0.25, -0.2) is 0 Å². The fourth-order valence-electron chi connectivity index (χ4n) is 1.40. The molecule has 0 spiro atoms. The maximum Gasteiger partial charge on any atom is 0.308 e. The summed E-state index contributed by atoms with van der Waals surface area (Å²) in [5.74, 6) is -0.239. The van der Waals surface area contributed by atoms with Gasteiger partial charge in [0, 0.05) is 6.92 Å². The number of carbonyl (C=O) groups excluding carboxylic acids is 1. The van der Waals surface area contributed by atoms with Crippen LogP contribution in [0.15, 0.2) is 29.0 Å². The van der Waals surface area contributed by atoms with E-state index in [0.29, 0.717) is 10.0 Å². The van der Waals surface area contributed by atoms with Gasteiger partial charge >= 0.3 is 5.97 Å². The van der Waals surface area contributed by atoms with Gasteiger partial charge in [0.1, 0.15) is 0 Å². The molecule has 0 aliphatic rings. The van der Waals surface area contributed by atoms with Crippen LogP contribution in [0.4, 0.5) is 0 Å². The molecule has 2 nitrogen and oxygen atoms in total. The summed E-state index contributed by atoms with van der Waals surface area (Å²) >= 11 is 13.7. The number of carbonyl (C=O) groups is 1. The minimum Gasteiger partial charge on any atom is -0.424 e. The summed E-state index contributed by atoms with van der Waals surface area (Å²) in [6.07, 6.45) is 0. The summed E-state index contributed by atoms with van der Waals surface area (Å²) in [6.45, 7) is 1.31. The van der Waals surface area contributed by atoms with E-state index in [1.807, 2.05) is 16.8 Å². The Bertz CT molecular complexity index is 527. The van der Waals surface area contributed by atoms with Crippen molar-refractivity contribution in [3.63, 3.8) is 0 Å². The van der Waals surface area contributed by atoms with E-state index in [-0.39, 0.29) is 5.75 Å². The normalized spacial score (nSPS) is 10.3. The van der Waals surface area contributed by atoms with Crippen LogP contribution in [0.1, 0.15) is 6.92 Å². The third-order valence-corrected chi connectivity index (χ3v) is 3.34. The first-order valence-corrected chi connectivity index (χ1v) is 6.48. The largest absolute Gasteiger partial charge is 0.424 e. The first-order chi connectivity index (χ1) is 8.08. The summed E-state index contributed by atoms with van der Waals surface area (Å²) in [6, 6.07) is 5.43. The fourth-order valence-corrected chi connectivity index (χ4v) is 2.63. The lowest BCUT2D eigenvalue weighted by Crippen LogP contribution is -2.02. The van der Waals surface area contributed by atoms with E-state index in [1.54, 1.807) is 23.5 Å². The van der Waals surface area contributed by atoms with Gasteiger partial charge in [-0.05, 0) is 40.1 Å². The number of ether oxygens (including phenoxy) is 1. The Balaban J connectivity index is 2.45. The number of halogens is 2. The first-order valence-electron chi connectivity index (χ1n) is 4.78. The zero-order valence-electron chi connectivity index (χ0n) is 8.87. The number of hydrogen-bond acceptors (Lipinski definition) is 3. The molecule has 0 saturated carbocycles. The molecule has 0 aliphatic heterocycles. The number of thiophene rings is 1. The van der Waals surface area contributed by atoms with Gasteiger partial charge in [0.2, 0.25) is 0 Å². The van der Waals surface area contributed by atoms with Crippen molar-refractivity contribution in [1.82, 2.24) is 0 Å². The van der Waals surface area contributed by atoms with Gasteiger partial charge in [0.15, 0.2) is 5.75 Å². The standard InChI is InChI=1S/C12H8Cl2O2S/c1-7(15)16-12-10(13)4-9(5-11(12)14)8-2-3-17-6-8/h2-6H,1H3. The molecule has 0 aliphatic carbocycles. The van der Waals surface area contributed by atoms with Gasteiger partial charge < -0.3 is 4.74 Å². The van der Waals surface area contributed by atoms with Crippen LogP contribution in [-0.4, -0.2) is 5.97 Å². The van der Waals surface area contributed by atoms with Crippen molar-refractivity contribution < 1.29 is 9.53 Å². The predicted octanol–water partition coefficient (Wildman–Crippen LogP) is 4.65. The van der Waals surface area contributed by atoms with Crippen LogP contribution < -0.4 is 4.74 Å². The zero-order chi connectivity index (χ0) is 12.4. The molecule has 1 aromatic heterocycles. The average molecular weight is 287 g/mol. The molecule has 2 aromatic rings. The summed E-state index contributed by atoms with van der Waals surface area (Å²) in [5.41, 5.74) is 1.94. The van der Waals surface area contributed by atoms with Crippen molar-refractivity contribution in [2.24, 2.45) is 0 Å². The Labute approximate surface area is 113 Å². The Morgan fingerprint density at radius 1 is 1.24 bits per heavy atom. The smallest absolute Gasteiger partial charge is 0.308 e. The molecular formula is C12H8Cl2O2S. The molecule has 1 heterocycles. The number of esters is 1. The van der Waals surface area contributed by atoms with Gasteiger partial charge in [0.25, 0.3) is 0 Å². The van der Waals surface area contributed by atoms with E-state index in [4.69, 9.17) is 27.9 Å². The van der Waals surface area contributed by atoms with Gasteiger partial charge in [-0.1, -0.05) is 23.2 Å². The van der Waals surface area contributed by atoms with Crippen LogP contribution in [0.3, 0.4) is 0 Å². The third-order valence-electron chi connectivity index (χ3n) is 2.10. The second-order valence-corrected chi connectivity index (χ2v) is 4.97. The summed E-state index contributed by atoms with van der Waals surface area (Å²) in [5, 5.41) is 4.62. The molecule has 0 radical (unpaired) electrons. The number of rotatable bonds is 2. The predicted molar refractivity (Wildman–Crippen MR) is 71.1 cm³/mol. The van der Waals surface area contributed by atoms with Crippen molar-refractivity contribution >= 4 is 40.5 Å². The molecule has 0 fully saturated rings. The highest BCUT2D eigenvalue weighted by atomic mass is 35.5. The third kappa shape index (κ3) is 2.80. The van der Waals surface area contributed by atoms with Crippen molar-refractivity contribution in [3.05, 3.63) is 39.0 Å². The molecule has 2 rings (SSSR count). The quantitative estimate of drug-likeness (QED) is 0.593. The molecule has 1 aromatic carbocycles. The minimum atomic E-state index is -0.447.